The van der Waals surface area contributed by atoms with E-state index in [0.29, 0.717) is 16.4 Å². The highest BCUT2D eigenvalue weighted by molar-refractivity contribution is 8.01. The molecule has 7 heteroatoms. The Morgan fingerprint density at radius 1 is 1.23 bits per heavy atom. The highest BCUT2D eigenvalue weighted by atomic mass is 35.5. The summed E-state index contributed by atoms with van der Waals surface area (Å²) in [6.45, 7) is 1.88. The number of benzene rings is 2. The van der Waals surface area contributed by atoms with E-state index in [1.807, 2.05) is 19.1 Å². The molecule has 2 aromatic carbocycles. The smallest absolute Gasteiger partial charge is 0.247 e. The number of nitrogens with zero attached hydrogens (tertiary/aromatic N) is 1. The molecule has 0 bridgehead atoms. The molecule has 1 fully saturated rings. The van der Waals surface area contributed by atoms with Crippen molar-refractivity contribution >= 4 is 52.5 Å². The Morgan fingerprint density at radius 3 is 2.65 bits per heavy atom. The van der Waals surface area contributed by atoms with Gasteiger partial charge in [0, 0.05) is 17.1 Å². The Bertz CT molecular complexity index is 857. The summed E-state index contributed by atoms with van der Waals surface area (Å²) >= 11 is 7.22. The summed E-state index contributed by atoms with van der Waals surface area (Å²) in [6.07, 6.45) is 0.0992. The third kappa shape index (κ3) is 4.08. The summed E-state index contributed by atoms with van der Waals surface area (Å²) in [6, 6.07) is 14.1. The van der Waals surface area contributed by atoms with Crippen molar-refractivity contribution in [2.24, 2.45) is 0 Å². The lowest BCUT2D eigenvalue weighted by Crippen LogP contribution is -2.31. The van der Waals surface area contributed by atoms with Crippen molar-refractivity contribution in [3.63, 3.8) is 0 Å². The van der Waals surface area contributed by atoms with Gasteiger partial charge in [0.15, 0.2) is 0 Å². The van der Waals surface area contributed by atoms with Gasteiger partial charge in [0.25, 0.3) is 0 Å². The number of para-hydroxylation sites is 1. The lowest BCUT2D eigenvalue weighted by Gasteiger charge is -2.14. The number of carbonyl (C=O) groups excluding carboxylic acids is 3. The van der Waals surface area contributed by atoms with Gasteiger partial charge in [-0.15, -0.1) is 11.8 Å². The number of anilines is 2. The average Bonchev–Trinajstić information content (AvgIpc) is 2.91. The fourth-order valence-corrected chi connectivity index (χ4v) is 3.74. The van der Waals surface area contributed by atoms with E-state index in [2.05, 4.69) is 5.32 Å². The van der Waals surface area contributed by atoms with Gasteiger partial charge in [-0.05, 0) is 36.8 Å². The number of halogens is 1. The zero-order valence-electron chi connectivity index (χ0n) is 14.1. The van der Waals surface area contributed by atoms with Crippen molar-refractivity contribution in [1.82, 2.24) is 0 Å². The van der Waals surface area contributed by atoms with Gasteiger partial charge in [-0.3, -0.25) is 14.4 Å². The predicted octanol–water partition coefficient (Wildman–Crippen LogP) is 3.65. The molecule has 1 saturated heterocycles. The summed E-state index contributed by atoms with van der Waals surface area (Å²) in [5.41, 5.74) is 2.09. The van der Waals surface area contributed by atoms with Crippen LogP contribution in [0, 0.1) is 6.92 Å². The van der Waals surface area contributed by atoms with E-state index in [-0.39, 0.29) is 29.9 Å². The van der Waals surface area contributed by atoms with Gasteiger partial charge < -0.3 is 5.32 Å². The maximum atomic E-state index is 12.5. The van der Waals surface area contributed by atoms with Crippen LogP contribution >= 0.6 is 23.4 Å². The molecule has 0 radical (unpaired) electrons. The van der Waals surface area contributed by atoms with Crippen LogP contribution in [0.5, 0.6) is 0 Å². The van der Waals surface area contributed by atoms with E-state index in [4.69, 9.17) is 11.6 Å². The second-order valence-corrected chi connectivity index (χ2v) is 7.52. The molecule has 0 aliphatic carbocycles. The van der Waals surface area contributed by atoms with E-state index < -0.39 is 5.25 Å². The summed E-state index contributed by atoms with van der Waals surface area (Å²) in [4.78, 5) is 38.0. The van der Waals surface area contributed by atoms with Gasteiger partial charge in [-0.1, -0.05) is 35.9 Å². The zero-order chi connectivity index (χ0) is 18.7. The fraction of sp³-hybridized carbons (Fsp3) is 0.211. The number of imide groups is 1. The lowest BCUT2D eigenvalue weighted by atomic mass is 10.2. The number of thioether (sulfide) groups is 1. The first-order valence-electron chi connectivity index (χ1n) is 8.05. The van der Waals surface area contributed by atoms with Crippen molar-refractivity contribution in [2.45, 2.75) is 18.6 Å². The predicted molar refractivity (Wildman–Crippen MR) is 105 cm³/mol. The second kappa shape index (κ2) is 7.93. The minimum Gasteiger partial charge on any atom is -0.325 e. The first-order valence-corrected chi connectivity index (χ1v) is 9.48. The van der Waals surface area contributed by atoms with Crippen LogP contribution in [0.4, 0.5) is 11.4 Å². The summed E-state index contributed by atoms with van der Waals surface area (Å²) < 4.78 is 0. The molecule has 134 valence electrons. The molecule has 0 saturated carbocycles. The quantitative estimate of drug-likeness (QED) is 0.794. The van der Waals surface area contributed by atoms with E-state index in [1.165, 1.54) is 16.7 Å². The van der Waals surface area contributed by atoms with Gasteiger partial charge in [0.1, 0.15) is 0 Å². The van der Waals surface area contributed by atoms with E-state index in [1.54, 1.807) is 36.4 Å². The van der Waals surface area contributed by atoms with Gasteiger partial charge in [-0.25, -0.2) is 4.90 Å². The fourth-order valence-electron chi connectivity index (χ4n) is 2.63. The molecule has 3 rings (SSSR count). The molecular weight excluding hydrogens is 372 g/mol. The maximum absolute atomic E-state index is 12.5. The summed E-state index contributed by atoms with van der Waals surface area (Å²) in [5, 5.41) is 2.78. The first-order chi connectivity index (χ1) is 12.5. The molecule has 5 nitrogen and oxygen atoms in total. The SMILES string of the molecule is Cc1ccc(NC(=O)CS[C@@H]2CC(=O)N(c3ccccc3)C2=O)cc1Cl. The lowest BCUT2D eigenvalue weighted by molar-refractivity contribution is -0.121. The molecule has 2 aromatic rings. The number of hydrogen-bond acceptors (Lipinski definition) is 4. The Labute approximate surface area is 160 Å². The molecule has 1 aliphatic rings. The van der Waals surface area contributed by atoms with Crippen LogP contribution in [0.3, 0.4) is 0 Å². The molecule has 0 spiro atoms. The Kier molecular flexibility index (Phi) is 5.64. The van der Waals surface area contributed by atoms with E-state index >= 15 is 0 Å². The monoisotopic (exact) mass is 388 g/mol. The second-order valence-electron chi connectivity index (χ2n) is 5.92. The third-order valence-corrected chi connectivity index (χ3v) is 5.60. The number of rotatable bonds is 5. The normalized spacial score (nSPS) is 16.8. The Morgan fingerprint density at radius 2 is 1.96 bits per heavy atom. The number of aryl methyl sites for hydroxylation is 1. The van der Waals surface area contributed by atoms with Crippen LogP contribution < -0.4 is 10.2 Å². The number of amides is 3. The molecule has 1 aliphatic heterocycles. The molecule has 1 N–H and O–H groups in total. The molecule has 0 aromatic heterocycles. The topological polar surface area (TPSA) is 66.5 Å². The molecule has 0 unspecified atom stereocenters. The van der Waals surface area contributed by atoms with Crippen molar-refractivity contribution in [2.75, 3.05) is 16.0 Å². The van der Waals surface area contributed by atoms with Crippen molar-refractivity contribution in [3.05, 3.63) is 59.1 Å². The molecule has 3 amide bonds. The molecule has 26 heavy (non-hydrogen) atoms. The number of nitrogens with one attached hydrogen (secondary N) is 1. The third-order valence-electron chi connectivity index (χ3n) is 3.99. The Balaban J connectivity index is 1.58. The van der Waals surface area contributed by atoms with Crippen LogP contribution in [0.15, 0.2) is 48.5 Å². The number of hydrogen-bond donors (Lipinski definition) is 1. The standard InChI is InChI=1S/C19H17ClN2O3S/c1-12-7-8-13(9-15(12)20)21-17(23)11-26-16-10-18(24)22(19(16)25)14-5-3-2-4-6-14/h2-9,16H,10-11H2,1H3,(H,21,23)/t16-/m1/s1. The molecule has 1 atom stereocenters. The zero-order valence-corrected chi connectivity index (χ0v) is 15.6. The highest BCUT2D eigenvalue weighted by Crippen LogP contribution is 2.29. The first kappa shape index (κ1) is 18.5. The molecule has 1 heterocycles. The molecular formula is C19H17ClN2O3S. The van der Waals surface area contributed by atoms with Crippen LogP contribution in [-0.4, -0.2) is 28.7 Å². The van der Waals surface area contributed by atoms with Crippen molar-refractivity contribution in [1.29, 1.82) is 0 Å². The van der Waals surface area contributed by atoms with Gasteiger partial charge in [0.2, 0.25) is 17.7 Å². The summed E-state index contributed by atoms with van der Waals surface area (Å²) in [7, 11) is 0. The van der Waals surface area contributed by atoms with Crippen molar-refractivity contribution < 1.29 is 14.4 Å². The average molecular weight is 389 g/mol. The maximum Gasteiger partial charge on any atom is 0.247 e. The Hall–Kier alpha value is -2.31. The van der Waals surface area contributed by atoms with Gasteiger partial charge in [0.05, 0.1) is 16.7 Å². The summed E-state index contributed by atoms with van der Waals surface area (Å²) in [5.74, 6) is -0.687. The highest BCUT2D eigenvalue weighted by Gasteiger charge is 2.39. The minimum atomic E-state index is -0.546. The van der Waals surface area contributed by atoms with Crippen LogP contribution in [0.1, 0.15) is 12.0 Å². The van der Waals surface area contributed by atoms with Gasteiger partial charge >= 0.3 is 0 Å². The van der Waals surface area contributed by atoms with E-state index in [0.717, 1.165) is 5.56 Å². The van der Waals surface area contributed by atoms with Crippen LogP contribution in [0.25, 0.3) is 0 Å². The van der Waals surface area contributed by atoms with Crippen LogP contribution in [-0.2, 0) is 14.4 Å². The van der Waals surface area contributed by atoms with E-state index in [9.17, 15) is 14.4 Å². The number of carbonyl (C=O) groups is 3. The van der Waals surface area contributed by atoms with Crippen LogP contribution in [0.2, 0.25) is 5.02 Å². The van der Waals surface area contributed by atoms with Gasteiger partial charge in [-0.2, -0.15) is 0 Å². The largest absolute Gasteiger partial charge is 0.325 e. The van der Waals surface area contributed by atoms with Crippen molar-refractivity contribution in [3.8, 4) is 0 Å². The minimum absolute atomic E-state index is 0.0812.